The number of Topliss-reactive ketones (excluding diaryl/α,β-unsaturated/α-hetero) is 1. The highest BCUT2D eigenvalue weighted by molar-refractivity contribution is 6.10. The number of para-hydroxylation sites is 1. The fourth-order valence-corrected chi connectivity index (χ4v) is 3.23. The van der Waals surface area contributed by atoms with Crippen molar-refractivity contribution in [1.82, 2.24) is 9.97 Å². The summed E-state index contributed by atoms with van der Waals surface area (Å²) in [6.45, 7) is 6.79. The summed E-state index contributed by atoms with van der Waals surface area (Å²) in [4.78, 5) is 43.3. The van der Waals surface area contributed by atoms with Crippen molar-refractivity contribution in [3.05, 3.63) is 58.5 Å². The molecule has 0 saturated carbocycles. The Morgan fingerprint density at radius 1 is 1.11 bits per heavy atom. The van der Waals surface area contributed by atoms with Gasteiger partial charge in [0, 0.05) is 28.4 Å². The van der Waals surface area contributed by atoms with Crippen LogP contribution in [0.2, 0.25) is 0 Å². The maximum atomic E-state index is 12.8. The number of hydrogen-bond donors (Lipinski definition) is 2. The van der Waals surface area contributed by atoms with Gasteiger partial charge in [-0.25, -0.2) is 9.59 Å². The third-order valence-electron chi connectivity index (χ3n) is 4.63. The minimum absolute atomic E-state index is 0.138. The second-order valence-electron chi connectivity index (χ2n) is 6.51. The van der Waals surface area contributed by atoms with E-state index in [9.17, 15) is 14.4 Å². The Morgan fingerprint density at radius 2 is 1.82 bits per heavy atom. The Kier molecular flexibility index (Phi) is 5.35. The van der Waals surface area contributed by atoms with Crippen molar-refractivity contribution in [2.24, 2.45) is 0 Å². The normalized spacial score (nSPS) is 12.0. The third-order valence-corrected chi connectivity index (χ3v) is 4.63. The van der Waals surface area contributed by atoms with Gasteiger partial charge in [-0.1, -0.05) is 18.2 Å². The van der Waals surface area contributed by atoms with Crippen LogP contribution >= 0.6 is 0 Å². The molecule has 0 radical (unpaired) electrons. The molecular formula is C21H22N2O5. The van der Waals surface area contributed by atoms with E-state index < -0.39 is 18.0 Å². The number of esters is 2. The van der Waals surface area contributed by atoms with Gasteiger partial charge in [0.15, 0.2) is 6.10 Å². The maximum absolute atomic E-state index is 12.8. The van der Waals surface area contributed by atoms with E-state index in [1.54, 1.807) is 27.0 Å². The molecule has 2 N–H and O–H groups in total. The van der Waals surface area contributed by atoms with Crippen molar-refractivity contribution in [3.63, 3.8) is 0 Å². The summed E-state index contributed by atoms with van der Waals surface area (Å²) in [5, 5.41) is 0.770. The van der Waals surface area contributed by atoms with Gasteiger partial charge in [-0.05, 0) is 39.3 Å². The highest BCUT2D eigenvalue weighted by atomic mass is 16.5. The number of ketones is 1. The van der Waals surface area contributed by atoms with Crippen LogP contribution in [-0.2, 0) is 9.47 Å². The zero-order valence-electron chi connectivity index (χ0n) is 16.2. The zero-order valence-corrected chi connectivity index (χ0v) is 16.2. The molecule has 0 bridgehead atoms. The number of fused-ring (bicyclic) bond motifs is 1. The molecular weight excluding hydrogens is 360 g/mol. The van der Waals surface area contributed by atoms with Crippen LogP contribution in [0, 0.1) is 13.8 Å². The molecule has 7 nitrogen and oxygen atoms in total. The molecule has 7 heteroatoms. The molecule has 3 rings (SSSR count). The molecule has 1 unspecified atom stereocenters. The van der Waals surface area contributed by atoms with E-state index >= 15 is 0 Å². The van der Waals surface area contributed by atoms with E-state index in [-0.39, 0.29) is 18.1 Å². The molecule has 0 aliphatic carbocycles. The van der Waals surface area contributed by atoms with Crippen LogP contribution in [0.3, 0.4) is 0 Å². The van der Waals surface area contributed by atoms with Crippen molar-refractivity contribution in [3.8, 4) is 0 Å². The molecule has 1 atom stereocenters. The second-order valence-corrected chi connectivity index (χ2v) is 6.51. The maximum Gasteiger partial charge on any atom is 0.355 e. The summed E-state index contributed by atoms with van der Waals surface area (Å²) in [6, 6.07) is 7.40. The van der Waals surface area contributed by atoms with E-state index in [2.05, 4.69) is 9.97 Å². The average molecular weight is 382 g/mol. The first kappa shape index (κ1) is 19.4. The lowest BCUT2D eigenvalue weighted by Gasteiger charge is -2.12. The lowest BCUT2D eigenvalue weighted by molar-refractivity contribution is 0.0313. The minimum atomic E-state index is -0.985. The van der Waals surface area contributed by atoms with Gasteiger partial charge in [-0.3, -0.25) is 4.79 Å². The zero-order chi connectivity index (χ0) is 20.4. The number of benzene rings is 1. The van der Waals surface area contributed by atoms with Crippen LogP contribution in [0.4, 0.5) is 0 Å². The first-order valence-electron chi connectivity index (χ1n) is 9.02. The number of carbonyl (C=O) groups is 3. The van der Waals surface area contributed by atoms with Crippen molar-refractivity contribution in [2.75, 3.05) is 6.61 Å². The number of carbonyl (C=O) groups excluding carboxylic acids is 3. The van der Waals surface area contributed by atoms with Gasteiger partial charge >= 0.3 is 11.9 Å². The monoisotopic (exact) mass is 382 g/mol. The molecule has 0 saturated heterocycles. The topological polar surface area (TPSA) is 101 Å². The van der Waals surface area contributed by atoms with E-state index in [0.717, 1.165) is 10.9 Å². The molecule has 2 heterocycles. The van der Waals surface area contributed by atoms with Crippen LogP contribution in [0.15, 0.2) is 30.5 Å². The molecule has 0 aliphatic heterocycles. The largest absolute Gasteiger partial charge is 0.462 e. The molecule has 0 amide bonds. The number of nitrogens with one attached hydrogen (secondary N) is 2. The number of ether oxygens (including phenoxy) is 2. The van der Waals surface area contributed by atoms with Crippen LogP contribution < -0.4 is 0 Å². The Bertz CT molecular complexity index is 1060. The summed E-state index contributed by atoms with van der Waals surface area (Å²) in [7, 11) is 0. The van der Waals surface area contributed by atoms with Crippen molar-refractivity contribution >= 4 is 28.6 Å². The molecule has 28 heavy (non-hydrogen) atoms. The van der Waals surface area contributed by atoms with Crippen molar-refractivity contribution in [2.45, 2.75) is 33.8 Å². The highest BCUT2D eigenvalue weighted by Crippen LogP contribution is 2.22. The van der Waals surface area contributed by atoms with E-state index in [1.807, 2.05) is 24.3 Å². The lowest BCUT2D eigenvalue weighted by atomic mass is 10.1. The van der Waals surface area contributed by atoms with Crippen LogP contribution in [-0.4, -0.2) is 40.4 Å². The number of aromatic nitrogens is 2. The molecule has 146 valence electrons. The number of rotatable bonds is 6. The van der Waals surface area contributed by atoms with Crippen molar-refractivity contribution in [1.29, 1.82) is 0 Å². The Hall–Kier alpha value is -3.35. The molecule has 1 aromatic carbocycles. The highest BCUT2D eigenvalue weighted by Gasteiger charge is 2.27. The van der Waals surface area contributed by atoms with Gasteiger partial charge in [-0.2, -0.15) is 0 Å². The van der Waals surface area contributed by atoms with Gasteiger partial charge < -0.3 is 19.4 Å². The van der Waals surface area contributed by atoms with E-state index in [4.69, 9.17) is 9.47 Å². The lowest BCUT2D eigenvalue weighted by Crippen LogP contribution is -2.25. The van der Waals surface area contributed by atoms with Gasteiger partial charge in [-0.15, -0.1) is 0 Å². The summed E-state index contributed by atoms with van der Waals surface area (Å²) >= 11 is 0. The summed E-state index contributed by atoms with van der Waals surface area (Å²) in [5.74, 6) is -1.51. The predicted octanol–water partition coefficient (Wildman–Crippen LogP) is 3.72. The van der Waals surface area contributed by atoms with Gasteiger partial charge in [0.1, 0.15) is 5.69 Å². The first-order chi connectivity index (χ1) is 13.3. The molecule has 3 aromatic rings. The molecule has 0 spiro atoms. The van der Waals surface area contributed by atoms with Crippen LogP contribution in [0.5, 0.6) is 0 Å². The number of aromatic amines is 2. The van der Waals surface area contributed by atoms with Gasteiger partial charge in [0.25, 0.3) is 0 Å². The predicted molar refractivity (Wildman–Crippen MR) is 104 cm³/mol. The van der Waals surface area contributed by atoms with Crippen molar-refractivity contribution < 1.29 is 23.9 Å². The smallest absolute Gasteiger partial charge is 0.355 e. The molecule has 0 aliphatic rings. The number of H-pyrrole nitrogens is 2. The van der Waals surface area contributed by atoms with E-state index in [1.165, 1.54) is 6.92 Å². The quantitative estimate of drug-likeness (QED) is 0.500. The fourth-order valence-electron chi connectivity index (χ4n) is 3.23. The minimum Gasteiger partial charge on any atom is -0.462 e. The second kappa shape index (κ2) is 7.72. The summed E-state index contributed by atoms with van der Waals surface area (Å²) in [6.07, 6.45) is 0.626. The van der Waals surface area contributed by atoms with Gasteiger partial charge in [0.05, 0.1) is 12.2 Å². The summed E-state index contributed by atoms with van der Waals surface area (Å²) < 4.78 is 10.4. The number of hydrogen-bond acceptors (Lipinski definition) is 5. The first-order valence-corrected chi connectivity index (χ1v) is 9.02. The van der Waals surface area contributed by atoms with Gasteiger partial charge in [0.2, 0.25) is 5.78 Å². The fraction of sp³-hybridized carbons (Fsp3) is 0.286. The number of aryl methyl sites for hydroxylation is 1. The SMILES string of the molecule is CCOC(=O)c1c(C)[nH]c(C(=O)OC(C)C(=O)c2c[nH]c3ccccc23)c1C. The standard InChI is InChI=1S/C21H22N2O5/c1-5-27-20(25)17-11(2)18(23-12(17)3)21(26)28-13(4)19(24)15-10-22-16-9-7-6-8-14(15)16/h6-10,13,22-23H,5H2,1-4H3. The molecule has 2 aromatic heterocycles. The van der Waals surface area contributed by atoms with Crippen LogP contribution in [0.25, 0.3) is 10.9 Å². The van der Waals surface area contributed by atoms with E-state index in [0.29, 0.717) is 22.4 Å². The molecule has 0 fully saturated rings. The Balaban J connectivity index is 1.80. The summed E-state index contributed by atoms with van der Waals surface area (Å²) in [5.41, 5.74) is 2.69. The Labute approximate surface area is 162 Å². The van der Waals surface area contributed by atoms with Crippen LogP contribution in [0.1, 0.15) is 56.3 Å². The Morgan fingerprint density at radius 3 is 2.54 bits per heavy atom. The third kappa shape index (κ3) is 3.43. The average Bonchev–Trinajstić information content (AvgIpc) is 3.22.